The van der Waals surface area contributed by atoms with E-state index in [2.05, 4.69) is 25.5 Å². The number of benzene rings is 1. The third-order valence-electron chi connectivity index (χ3n) is 5.28. The Kier molecular flexibility index (Phi) is 4.86. The molecule has 0 spiro atoms. The molecule has 9 heteroatoms. The van der Waals surface area contributed by atoms with Crippen LogP contribution in [-0.2, 0) is 0 Å². The predicted octanol–water partition coefficient (Wildman–Crippen LogP) is -0.720. The number of H-pyrrole nitrogens is 1. The number of rotatable bonds is 6. The van der Waals surface area contributed by atoms with E-state index < -0.39 is 18.3 Å². The molecule has 0 amide bonds. The summed E-state index contributed by atoms with van der Waals surface area (Å²) in [5.74, 6) is 1.18. The van der Waals surface area contributed by atoms with Crippen molar-refractivity contribution in [3.05, 3.63) is 24.3 Å². The summed E-state index contributed by atoms with van der Waals surface area (Å²) < 4.78 is 5.78. The van der Waals surface area contributed by atoms with Gasteiger partial charge >= 0.3 is 0 Å². The number of likely N-dealkylation sites (tertiary alicyclic amines) is 1. The maximum absolute atomic E-state index is 10.4. The molecule has 2 fully saturated rings. The van der Waals surface area contributed by atoms with Crippen molar-refractivity contribution < 1.29 is 20.1 Å². The number of aliphatic hydroxyl groups excluding tert-OH is 3. The lowest BCUT2D eigenvalue weighted by Crippen LogP contribution is -2.43. The standard InChI is InChI=1S/C17H23N5O4/c23-12(8-22-6-10-5-11(7-22)16(25)15(10)24)9-26-14-4-2-1-3-13(14)17-18-20-21-19-17/h1-4,10-12,15-16,23-25H,5-9H2,(H,18,19,20,21)/t10-,11+,12?,15+,16-. The highest BCUT2D eigenvalue weighted by Gasteiger charge is 2.46. The third kappa shape index (κ3) is 3.43. The Morgan fingerprint density at radius 1 is 1.19 bits per heavy atom. The van der Waals surface area contributed by atoms with Crippen LogP contribution in [0.1, 0.15) is 6.42 Å². The van der Waals surface area contributed by atoms with E-state index in [4.69, 9.17) is 4.74 Å². The van der Waals surface area contributed by atoms with E-state index in [-0.39, 0.29) is 18.4 Å². The first-order chi connectivity index (χ1) is 12.6. The second-order valence-electron chi connectivity index (χ2n) is 7.15. The molecule has 1 aliphatic carbocycles. The number of nitrogens with one attached hydrogen (secondary N) is 1. The second kappa shape index (κ2) is 7.28. The number of tetrazole rings is 1. The molecular formula is C17H23N5O4. The van der Waals surface area contributed by atoms with Gasteiger partial charge < -0.3 is 20.1 Å². The fourth-order valence-corrected chi connectivity index (χ4v) is 4.07. The first-order valence-electron chi connectivity index (χ1n) is 8.84. The lowest BCUT2D eigenvalue weighted by molar-refractivity contribution is 0.0130. The largest absolute Gasteiger partial charge is 0.490 e. The number of nitrogens with zero attached hydrogens (tertiary/aromatic N) is 4. The normalized spacial score (nSPS) is 29.7. The maximum Gasteiger partial charge on any atom is 0.208 e. The molecule has 9 nitrogen and oxygen atoms in total. The Bertz CT molecular complexity index is 712. The highest BCUT2D eigenvalue weighted by molar-refractivity contribution is 5.63. The Morgan fingerprint density at radius 3 is 2.62 bits per heavy atom. The van der Waals surface area contributed by atoms with Crippen LogP contribution >= 0.6 is 0 Å². The van der Waals surface area contributed by atoms with Gasteiger partial charge in [-0.25, -0.2) is 0 Å². The topological polar surface area (TPSA) is 128 Å². The number of ether oxygens (including phenoxy) is 1. The molecule has 2 aliphatic rings. The molecule has 1 aliphatic heterocycles. The zero-order valence-corrected chi connectivity index (χ0v) is 14.3. The van der Waals surface area contributed by atoms with Crippen LogP contribution in [-0.4, -0.2) is 85.4 Å². The van der Waals surface area contributed by atoms with E-state index in [0.29, 0.717) is 36.8 Å². The number of piperidine rings is 1. The van der Waals surface area contributed by atoms with Gasteiger partial charge in [-0.3, -0.25) is 4.90 Å². The molecule has 26 heavy (non-hydrogen) atoms. The highest BCUT2D eigenvalue weighted by Crippen LogP contribution is 2.37. The van der Waals surface area contributed by atoms with Crippen LogP contribution in [0.25, 0.3) is 11.4 Å². The number of hydrogen-bond donors (Lipinski definition) is 4. The van der Waals surface area contributed by atoms with Gasteiger partial charge in [-0.15, -0.1) is 10.2 Å². The van der Waals surface area contributed by atoms with Gasteiger partial charge in [0, 0.05) is 31.5 Å². The summed E-state index contributed by atoms with van der Waals surface area (Å²) in [6, 6.07) is 7.33. The number of fused-ring (bicyclic) bond motifs is 2. The predicted molar refractivity (Wildman–Crippen MR) is 91.2 cm³/mol. The molecule has 1 saturated heterocycles. The van der Waals surface area contributed by atoms with E-state index in [1.165, 1.54) is 0 Å². The molecular weight excluding hydrogens is 338 g/mol. The SMILES string of the molecule is OC(COc1ccccc1-c1nn[nH]n1)CN1C[C@@H]2C[C@H](C1)[C@H](O)[C@@H]2O. The minimum Gasteiger partial charge on any atom is -0.490 e. The fourth-order valence-electron chi connectivity index (χ4n) is 4.07. The minimum absolute atomic E-state index is 0.0795. The van der Waals surface area contributed by atoms with Gasteiger partial charge in [0.25, 0.3) is 0 Å². The van der Waals surface area contributed by atoms with Crippen LogP contribution in [0.5, 0.6) is 5.75 Å². The second-order valence-corrected chi connectivity index (χ2v) is 7.15. The quantitative estimate of drug-likeness (QED) is 0.531. The van der Waals surface area contributed by atoms with Gasteiger partial charge in [-0.1, -0.05) is 12.1 Å². The summed E-state index contributed by atoms with van der Waals surface area (Å²) in [6.07, 6.45) is -1.13. The number of aromatic nitrogens is 4. The van der Waals surface area contributed by atoms with Crippen LogP contribution in [0.3, 0.4) is 0 Å². The zero-order chi connectivity index (χ0) is 18.1. The molecule has 2 aromatic rings. The molecule has 4 rings (SSSR count). The first-order valence-corrected chi connectivity index (χ1v) is 8.84. The van der Waals surface area contributed by atoms with Crippen molar-refractivity contribution >= 4 is 0 Å². The third-order valence-corrected chi connectivity index (χ3v) is 5.28. The molecule has 5 atom stereocenters. The number of para-hydroxylation sites is 1. The molecule has 140 valence electrons. The zero-order valence-electron chi connectivity index (χ0n) is 14.3. The van der Waals surface area contributed by atoms with Crippen LogP contribution in [0.2, 0.25) is 0 Å². The van der Waals surface area contributed by atoms with Crippen LogP contribution < -0.4 is 4.74 Å². The van der Waals surface area contributed by atoms with Crippen LogP contribution in [0, 0.1) is 11.8 Å². The lowest BCUT2D eigenvalue weighted by atomic mass is 9.98. The first kappa shape index (κ1) is 17.3. The smallest absolute Gasteiger partial charge is 0.208 e. The van der Waals surface area contributed by atoms with Gasteiger partial charge in [0.05, 0.1) is 17.8 Å². The lowest BCUT2D eigenvalue weighted by Gasteiger charge is -2.33. The number of aromatic amines is 1. The van der Waals surface area contributed by atoms with Crippen molar-refractivity contribution in [3.8, 4) is 17.1 Å². The summed E-state index contributed by atoms with van der Waals surface area (Å²) >= 11 is 0. The molecule has 1 aromatic heterocycles. The van der Waals surface area contributed by atoms with Crippen molar-refractivity contribution in [2.45, 2.75) is 24.7 Å². The van der Waals surface area contributed by atoms with E-state index in [9.17, 15) is 15.3 Å². The maximum atomic E-state index is 10.4. The highest BCUT2D eigenvalue weighted by atomic mass is 16.5. The number of hydrogen-bond acceptors (Lipinski definition) is 8. The monoisotopic (exact) mass is 361 g/mol. The number of β-amino-alcohol motifs (C(OH)–C–C–N with tert-alkyl or cyclic N) is 1. The Morgan fingerprint density at radius 2 is 1.92 bits per heavy atom. The van der Waals surface area contributed by atoms with Gasteiger partial charge in [-0.05, 0) is 23.8 Å². The van der Waals surface area contributed by atoms with Gasteiger partial charge in [0.2, 0.25) is 5.82 Å². The van der Waals surface area contributed by atoms with Crippen molar-refractivity contribution in [1.29, 1.82) is 0 Å². The fraction of sp³-hybridized carbons (Fsp3) is 0.588. The minimum atomic E-state index is -0.680. The van der Waals surface area contributed by atoms with Gasteiger partial charge in [0.15, 0.2) is 0 Å². The summed E-state index contributed by atoms with van der Waals surface area (Å²) in [5, 5.41) is 44.3. The van der Waals surface area contributed by atoms with Crippen LogP contribution in [0.15, 0.2) is 24.3 Å². The summed E-state index contributed by atoms with van der Waals surface area (Å²) in [7, 11) is 0. The van der Waals surface area contributed by atoms with E-state index in [1.807, 2.05) is 18.2 Å². The van der Waals surface area contributed by atoms with Crippen molar-refractivity contribution in [2.24, 2.45) is 11.8 Å². The Labute approximate surface area is 150 Å². The van der Waals surface area contributed by atoms with Crippen LogP contribution in [0.4, 0.5) is 0 Å². The summed E-state index contributed by atoms with van der Waals surface area (Å²) in [6.45, 7) is 1.94. The molecule has 2 bridgehead atoms. The summed E-state index contributed by atoms with van der Waals surface area (Å²) in [5.41, 5.74) is 0.704. The molecule has 1 unspecified atom stereocenters. The van der Waals surface area contributed by atoms with Crippen molar-refractivity contribution in [2.75, 3.05) is 26.2 Å². The molecule has 0 radical (unpaired) electrons. The molecule has 1 saturated carbocycles. The average molecular weight is 361 g/mol. The van der Waals surface area contributed by atoms with Crippen molar-refractivity contribution in [1.82, 2.24) is 25.5 Å². The Hall–Kier alpha value is -2.07. The Balaban J connectivity index is 1.33. The van der Waals surface area contributed by atoms with E-state index in [0.717, 1.165) is 6.42 Å². The van der Waals surface area contributed by atoms with E-state index >= 15 is 0 Å². The van der Waals surface area contributed by atoms with Crippen molar-refractivity contribution in [3.63, 3.8) is 0 Å². The average Bonchev–Trinajstić information content (AvgIpc) is 3.25. The molecule has 1 aromatic carbocycles. The van der Waals surface area contributed by atoms with Gasteiger partial charge in [0.1, 0.15) is 18.5 Å². The molecule has 4 N–H and O–H groups in total. The van der Waals surface area contributed by atoms with E-state index in [1.54, 1.807) is 6.07 Å². The molecule has 2 heterocycles. The number of aliphatic hydroxyl groups is 3. The van der Waals surface area contributed by atoms with Gasteiger partial charge in [-0.2, -0.15) is 5.21 Å². The summed E-state index contributed by atoms with van der Waals surface area (Å²) in [4.78, 5) is 2.09.